The second-order valence-corrected chi connectivity index (χ2v) is 20.6. The predicted molar refractivity (Wildman–Crippen MR) is 247 cm³/mol. The van der Waals surface area contributed by atoms with E-state index in [0.717, 1.165) is 12.8 Å². The summed E-state index contributed by atoms with van der Waals surface area (Å²) in [6.45, 7) is 1.42. The molecule has 4 aromatic carbocycles. The van der Waals surface area contributed by atoms with Crippen LogP contribution in [0.4, 0.5) is 15.4 Å². The zero-order valence-corrected chi connectivity index (χ0v) is 40.6. The molecule has 23 nitrogen and oxygen atoms in total. The molecular weight excluding hydrogens is 987 g/mol. The fourth-order valence-corrected chi connectivity index (χ4v) is 11.5. The van der Waals surface area contributed by atoms with Gasteiger partial charge in [-0.25, -0.2) is 38.0 Å². The Morgan fingerprint density at radius 1 is 0.797 bits per heavy atom. The fraction of sp³-hybridized carbons (Fsp3) is 0.310. The highest BCUT2D eigenvalue weighted by Gasteiger charge is 2.53. The first kappa shape index (κ1) is 51.2. The fourth-order valence-electron chi connectivity index (χ4n) is 6.98. The van der Waals surface area contributed by atoms with Crippen LogP contribution in [0.1, 0.15) is 31.6 Å². The van der Waals surface area contributed by atoms with Gasteiger partial charge in [-0.15, -0.1) is 0 Å². The molecule has 2 aromatic heterocycles. The van der Waals surface area contributed by atoms with Crippen LogP contribution in [-0.4, -0.2) is 98.4 Å². The lowest BCUT2D eigenvalue weighted by Crippen LogP contribution is -2.42. The van der Waals surface area contributed by atoms with Gasteiger partial charge in [0.15, 0.2) is 40.6 Å². The van der Waals surface area contributed by atoms with Gasteiger partial charge in [0.1, 0.15) is 29.1 Å². The third-order valence-electron chi connectivity index (χ3n) is 10.0. The van der Waals surface area contributed by atoms with Gasteiger partial charge in [0, 0.05) is 18.7 Å². The number of aromatic nitrogens is 4. The summed E-state index contributed by atoms with van der Waals surface area (Å²) in [7, 11) is -13.9. The van der Waals surface area contributed by atoms with E-state index in [1.54, 1.807) is 60.9 Å². The molecule has 7 atom stereocenters. The van der Waals surface area contributed by atoms with Crippen molar-refractivity contribution in [3.05, 3.63) is 103 Å². The number of nitrogens with one attached hydrogen (secondary N) is 1. The van der Waals surface area contributed by atoms with Gasteiger partial charge in [-0.2, -0.15) is 4.31 Å². The number of rotatable bonds is 21. The lowest BCUT2D eigenvalue weighted by Gasteiger charge is -2.24. The summed E-state index contributed by atoms with van der Waals surface area (Å²) in [6, 6.07) is 23.5. The molecule has 0 amide bonds. The normalized spacial score (nSPS) is 19.5. The molecule has 0 saturated carbocycles. The van der Waals surface area contributed by atoms with Gasteiger partial charge in [0.25, 0.3) is 0 Å². The molecule has 69 heavy (non-hydrogen) atoms. The highest BCUT2D eigenvalue weighted by molar-refractivity contribution is 7.98. The first-order valence-electron chi connectivity index (χ1n) is 20.7. The van der Waals surface area contributed by atoms with Crippen molar-refractivity contribution in [2.75, 3.05) is 38.9 Å². The maximum atomic E-state index is 13.7. The van der Waals surface area contributed by atoms with Crippen LogP contribution in [0.15, 0.2) is 102 Å². The van der Waals surface area contributed by atoms with E-state index < -0.39 is 72.9 Å². The van der Waals surface area contributed by atoms with Crippen LogP contribution < -0.4 is 24.3 Å². The summed E-state index contributed by atoms with van der Waals surface area (Å²) in [5, 5.41) is 4.78. The van der Waals surface area contributed by atoms with Crippen molar-refractivity contribution >= 4 is 75.1 Å². The van der Waals surface area contributed by atoms with Crippen LogP contribution in [0.2, 0.25) is 0 Å². The van der Waals surface area contributed by atoms with Crippen molar-refractivity contribution in [3.63, 3.8) is 0 Å². The molecule has 0 aliphatic carbocycles. The number of ether oxygens (including phenoxy) is 7. The number of imidazole rings is 1. The molecule has 27 heteroatoms. The Labute approximate surface area is 398 Å². The average molecular weight is 1030 g/mol. The second kappa shape index (κ2) is 22.4. The summed E-state index contributed by atoms with van der Waals surface area (Å²) in [4.78, 5) is 73.0. The van der Waals surface area contributed by atoms with E-state index in [9.17, 15) is 38.0 Å². The van der Waals surface area contributed by atoms with Crippen molar-refractivity contribution in [1.29, 1.82) is 0 Å². The molecule has 3 heterocycles. The molecule has 6 aromatic rings. The SMILES string of the molecule is CCCCNc1nc(SC)nc2c1ncn2C1OC(COP(=O)(O)OP(=O)(O)OP(=O)(O)Cc2cccc3ccccc23)C(OC(=O)Oc2cccc(OC)c2)C1OC(=O)Oc1cccc(OC)c1. The molecule has 0 bridgehead atoms. The Bertz CT molecular complexity index is 2940. The molecule has 1 aliphatic rings. The zero-order valence-electron chi connectivity index (χ0n) is 37.1. The highest BCUT2D eigenvalue weighted by Crippen LogP contribution is 2.68. The summed E-state index contributed by atoms with van der Waals surface area (Å²) in [5.74, 6) is 0.943. The number of phosphoric acid groups is 2. The molecule has 368 valence electrons. The van der Waals surface area contributed by atoms with E-state index in [4.69, 9.17) is 37.7 Å². The minimum atomic E-state index is -5.89. The summed E-state index contributed by atoms with van der Waals surface area (Å²) in [5.41, 5.74) is 0.661. The third-order valence-corrected chi connectivity index (χ3v) is 15.3. The highest BCUT2D eigenvalue weighted by atomic mass is 32.2. The summed E-state index contributed by atoms with van der Waals surface area (Å²) < 4.78 is 94.4. The van der Waals surface area contributed by atoms with Crippen molar-refractivity contribution in [2.24, 2.45) is 0 Å². The number of hydrogen-bond donors (Lipinski definition) is 4. The molecule has 7 unspecified atom stereocenters. The van der Waals surface area contributed by atoms with E-state index in [0.29, 0.717) is 39.8 Å². The number of anilines is 1. The average Bonchev–Trinajstić information content (AvgIpc) is 3.88. The van der Waals surface area contributed by atoms with Crippen molar-refractivity contribution in [3.8, 4) is 23.0 Å². The maximum Gasteiger partial charge on any atom is 0.514 e. The standard InChI is InChI=1S/C42H46N5O18P3S/c1-5-6-20-43-37-34-38(46-40(45-37)69-4)47(25-44-34)39-36(63-42(49)60-31-18-11-16-29(22-31)57-3)35(62-41(48)59-30-17-10-15-28(21-30)56-2)33(61-39)23-58-67(52,53)65-68(54,55)64-66(50,51)24-27-14-9-13-26-12-7-8-19-32(26)27/h7-19,21-22,25,33,35-36,39H,5-6,20,23-24H2,1-4H3,(H,50,51)(H,52,53)(H,54,55)(H,43,45,46). The number of fused-ring (bicyclic) bond motifs is 2. The minimum Gasteiger partial charge on any atom is -0.497 e. The quantitative estimate of drug-likeness (QED) is 0.0131. The van der Waals surface area contributed by atoms with E-state index in [-0.39, 0.29) is 28.2 Å². The molecule has 1 aliphatic heterocycles. The Kier molecular flexibility index (Phi) is 16.7. The van der Waals surface area contributed by atoms with Crippen molar-refractivity contribution in [2.45, 2.75) is 55.6 Å². The number of phosphoric ester groups is 1. The molecule has 1 saturated heterocycles. The molecule has 0 radical (unpaired) electrons. The van der Waals surface area contributed by atoms with Crippen LogP contribution in [0.5, 0.6) is 23.0 Å². The van der Waals surface area contributed by atoms with Crippen LogP contribution in [-0.2, 0) is 47.2 Å². The summed E-state index contributed by atoms with van der Waals surface area (Å²) in [6.07, 6.45) is -5.73. The number of unbranched alkanes of at least 4 members (excludes halogenated alkanes) is 1. The van der Waals surface area contributed by atoms with Crippen LogP contribution in [0.3, 0.4) is 0 Å². The monoisotopic (exact) mass is 1030 g/mol. The lowest BCUT2D eigenvalue weighted by molar-refractivity contribution is -0.0565. The summed E-state index contributed by atoms with van der Waals surface area (Å²) >= 11 is 1.21. The molecule has 0 spiro atoms. The largest absolute Gasteiger partial charge is 0.514 e. The van der Waals surface area contributed by atoms with E-state index in [1.807, 2.05) is 6.92 Å². The number of thioether (sulfide) groups is 1. The number of benzene rings is 4. The second-order valence-electron chi connectivity index (χ2n) is 14.8. The first-order chi connectivity index (χ1) is 33.0. The van der Waals surface area contributed by atoms with E-state index in [2.05, 4.69) is 28.9 Å². The topological polar surface area (TPSA) is 294 Å². The Morgan fingerprint density at radius 2 is 1.42 bits per heavy atom. The molecular formula is C42H46N5O18P3S. The minimum absolute atomic E-state index is 0.0172. The van der Waals surface area contributed by atoms with Crippen molar-refractivity contribution in [1.82, 2.24) is 19.5 Å². The number of hydrogen-bond acceptors (Lipinski definition) is 20. The van der Waals surface area contributed by atoms with E-state index in [1.165, 1.54) is 73.3 Å². The number of carbonyl (C=O) groups excluding carboxylic acids is 2. The van der Waals surface area contributed by atoms with Gasteiger partial charge in [-0.1, -0.05) is 79.7 Å². The number of carbonyl (C=O) groups is 2. The van der Waals surface area contributed by atoms with Gasteiger partial charge < -0.3 is 53.2 Å². The maximum absolute atomic E-state index is 13.7. The number of methoxy groups -OCH3 is 2. The zero-order chi connectivity index (χ0) is 49.3. The van der Waals surface area contributed by atoms with Gasteiger partial charge in [-0.3, -0.25) is 13.7 Å². The molecule has 7 rings (SSSR count). The van der Waals surface area contributed by atoms with Gasteiger partial charge >= 0.3 is 35.6 Å². The van der Waals surface area contributed by atoms with Crippen LogP contribution in [0.25, 0.3) is 21.9 Å². The van der Waals surface area contributed by atoms with Gasteiger partial charge in [0.2, 0.25) is 0 Å². The molecule has 4 N–H and O–H groups in total. The van der Waals surface area contributed by atoms with Crippen LogP contribution >= 0.6 is 35.0 Å². The Balaban J connectivity index is 1.20. The Morgan fingerprint density at radius 3 is 2.07 bits per heavy atom. The third kappa shape index (κ3) is 13.4. The lowest BCUT2D eigenvalue weighted by atomic mass is 10.1. The first-order valence-corrected chi connectivity index (χ1v) is 26.7. The Hall–Kier alpha value is -5.61. The van der Waals surface area contributed by atoms with Gasteiger partial charge in [-0.05, 0) is 53.3 Å². The van der Waals surface area contributed by atoms with Crippen molar-refractivity contribution < 1.29 is 84.3 Å². The van der Waals surface area contributed by atoms with E-state index >= 15 is 0 Å². The van der Waals surface area contributed by atoms with Gasteiger partial charge in [0.05, 0.1) is 33.3 Å². The smallest absolute Gasteiger partial charge is 0.497 e. The number of nitrogens with zero attached hydrogens (tertiary/aromatic N) is 4. The van der Waals surface area contributed by atoms with Crippen LogP contribution in [0, 0.1) is 0 Å². The predicted octanol–water partition coefficient (Wildman–Crippen LogP) is 8.63. The molecule has 1 fully saturated rings.